The van der Waals surface area contributed by atoms with E-state index in [2.05, 4.69) is 36.2 Å². The van der Waals surface area contributed by atoms with E-state index < -0.39 is 19.9 Å². The van der Waals surface area contributed by atoms with Crippen LogP contribution in [0.15, 0.2) is 61.2 Å². The maximum atomic E-state index is 13.2. The van der Waals surface area contributed by atoms with Gasteiger partial charge in [0.25, 0.3) is 0 Å². The molecule has 2 rings (SSSR count). The molecule has 1 N–H and O–H groups in total. The van der Waals surface area contributed by atoms with Gasteiger partial charge in [-0.05, 0) is 30.3 Å². The van der Waals surface area contributed by atoms with Crippen LogP contribution in [0, 0.1) is 0 Å². The SMILES string of the molecule is C=C/C=C(O)\C=C/Cc1ccc(-c2nc(C(F)(F)F)cn2COCC[Si](C)(C)C)cn1. The molecule has 0 aliphatic carbocycles. The Morgan fingerprint density at radius 1 is 1.29 bits per heavy atom. The number of imidazole rings is 1. The van der Waals surface area contributed by atoms with Crippen LogP contribution in [0.1, 0.15) is 11.4 Å². The Morgan fingerprint density at radius 3 is 2.61 bits per heavy atom. The smallest absolute Gasteiger partial charge is 0.434 e. The molecule has 2 aromatic heterocycles. The maximum absolute atomic E-state index is 13.2. The number of aliphatic hydroxyl groups excluding tert-OH is 1. The van der Waals surface area contributed by atoms with Crippen molar-refractivity contribution in [3.05, 3.63) is 72.6 Å². The van der Waals surface area contributed by atoms with E-state index in [9.17, 15) is 18.3 Å². The van der Waals surface area contributed by atoms with Crippen molar-refractivity contribution in [3.63, 3.8) is 0 Å². The lowest BCUT2D eigenvalue weighted by molar-refractivity contribution is -0.141. The first-order valence-electron chi connectivity index (χ1n) is 9.85. The van der Waals surface area contributed by atoms with E-state index >= 15 is 0 Å². The average Bonchev–Trinajstić information content (AvgIpc) is 3.10. The van der Waals surface area contributed by atoms with Gasteiger partial charge in [0.1, 0.15) is 18.3 Å². The van der Waals surface area contributed by atoms with Gasteiger partial charge in [0.05, 0.1) is 0 Å². The molecular formula is C22H28F3N3O2Si. The molecule has 5 nitrogen and oxygen atoms in total. The predicted molar refractivity (Wildman–Crippen MR) is 118 cm³/mol. The van der Waals surface area contributed by atoms with E-state index in [0.717, 1.165) is 12.2 Å². The number of allylic oxidation sites excluding steroid dienone is 4. The van der Waals surface area contributed by atoms with Gasteiger partial charge in [-0.2, -0.15) is 13.2 Å². The van der Waals surface area contributed by atoms with Crippen molar-refractivity contribution < 1.29 is 23.0 Å². The van der Waals surface area contributed by atoms with E-state index in [1.54, 1.807) is 18.2 Å². The number of hydrogen-bond donors (Lipinski definition) is 1. The summed E-state index contributed by atoms with van der Waals surface area (Å²) in [6.45, 7) is 10.6. The van der Waals surface area contributed by atoms with E-state index in [4.69, 9.17) is 4.74 Å². The Hall–Kier alpha value is -2.65. The third-order valence-corrected chi connectivity index (χ3v) is 5.99. The average molecular weight is 452 g/mol. The first kappa shape index (κ1) is 24.6. The first-order chi connectivity index (χ1) is 14.5. The van der Waals surface area contributed by atoms with Crippen LogP contribution in [0.3, 0.4) is 0 Å². The quantitative estimate of drug-likeness (QED) is 0.208. The van der Waals surface area contributed by atoms with Gasteiger partial charge >= 0.3 is 6.18 Å². The number of aromatic nitrogens is 3. The van der Waals surface area contributed by atoms with Crippen LogP contribution in [0.4, 0.5) is 13.2 Å². The van der Waals surface area contributed by atoms with E-state index in [1.165, 1.54) is 29.0 Å². The number of ether oxygens (including phenoxy) is 1. The second-order valence-corrected chi connectivity index (χ2v) is 13.9. The first-order valence-corrected chi connectivity index (χ1v) is 13.6. The minimum atomic E-state index is -4.54. The van der Waals surface area contributed by atoms with Crippen LogP contribution in [0.2, 0.25) is 25.7 Å². The number of nitrogens with zero attached hydrogens (tertiary/aromatic N) is 3. The van der Waals surface area contributed by atoms with E-state index in [-0.39, 0.29) is 18.3 Å². The van der Waals surface area contributed by atoms with Gasteiger partial charge in [-0.25, -0.2) is 4.98 Å². The summed E-state index contributed by atoms with van der Waals surface area (Å²) in [5.41, 5.74) is 0.200. The summed E-state index contributed by atoms with van der Waals surface area (Å²) in [5, 5.41) is 9.52. The van der Waals surface area contributed by atoms with Crippen molar-refractivity contribution in [2.45, 2.75) is 45.0 Å². The molecule has 0 aliphatic rings. The zero-order chi connectivity index (χ0) is 23.1. The number of rotatable bonds is 10. The zero-order valence-electron chi connectivity index (χ0n) is 18.0. The molecule has 168 valence electrons. The number of pyridine rings is 1. The Morgan fingerprint density at radius 2 is 2.03 bits per heavy atom. The third-order valence-electron chi connectivity index (χ3n) is 4.28. The molecule has 31 heavy (non-hydrogen) atoms. The lowest BCUT2D eigenvalue weighted by Crippen LogP contribution is -2.22. The number of hydrogen-bond acceptors (Lipinski definition) is 4. The fraction of sp³-hybridized carbons (Fsp3) is 0.364. The fourth-order valence-corrected chi connectivity index (χ4v) is 3.33. The molecule has 0 radical (unpaired) electrons. The molecule has 0 aliphatic heterocycles. The van der Waals surface area contributed by atoms with Gasteiger partial charge < -0.3 is 14.4 Å². The van der Waals surface area contributed by atoms with Crippen molar-refractivity contribution in [2.75, 3.05) is 6.61 Å². The van der Waals surface area contributed by atoms with Gasteiger partial charge in [-0.3, -0.25) is 4.98 Å². The summed E-state index contributed by atoms with van der Waals surface area (Å²) >= 11 is 0. The lowest BCUT2D eigenvalue weighted by atomic mass is 10.2. The second-order valence-electron chi connectivity index (χ2n) is 8.24. The molecule has 0 amide bonds. The van der Waals surface area contributed by atoms with Crippen LogP contribution >= 0.6 is 0 Å². The van der Waals surface area contributed by atoms with E-state index in [0.29, 0.717) is 24.3 Å². The molecule has 0 saturated carbocycles. The molecule has 0 aromatic carbocycles. The van der Waals surface area contributed by atoms with Crippen LogP contribution in [0.25, 0.3) is 11.4 Å². The normalized spacial score (nSPS) is 13.2. The predicted octanol–water partition coefficient (Wildman–Crippen LogP) is 6.00. The molecule has 0 atom stereocenters. The summed E-state index contributed by atoms with van der Waals surface area (Å²) in [6.07, 6.45) is 4.55. The highest BCUT2D eigenvalue weighted by molar-refractivity contribution is 6.76. The van der Waals surface area contributed by atoms with Crippen LogP contribution in [-0.4, -0.2) is 34.3 Å². The number of aliphatic hydroxyl groups is 1. The van der Waals surface area contributed by atoms with Crippen molar-refractivity contribution >= 4 is 8.07 Å². The largest absolute Gasteiger partial charge is 0.508 e. The summed E-state index contributed by atoms with van der Waals surface area (Å²) in [7, 11) is -1.30. The molecule has 0 bridgehead atoms. The minimum absolute atomic E-state index is 0.0116. The molecule has 2 heterocycles. The summed E-state index contributed by atoms with van der Waals surface area (Å²) in [4.78, 5) is 8.07. The maximum Gasteiger partial charge on any atom is 0.434 e. The lowest BCUT2D eigenvalue weighted by Gasteiger charge is -2.16. The van der Waals surface area contributed by atoms with Crippen LogP contribution in [0.5, 0.6) is 0 Å². The van der Waals surface area contributed by atoms with Crippen LogP contribution in [-0.2, 0) is 24.1 Å². The van der Waals surface area contributed by atoms with Crippen molar-refractivity contribution in [3.8, 4) is 11.4 Å². The Balaban J connectivity index is 2.16. The zero-order valence-corrected chi connectivity index (χ0v) is 19.0. The van der Waals surface area contributed by atoms with Crippen molar-refractivity contribution in [2.24, 2.45) is 0 Å². The van der Waals surface area contributed by atoms with Crippen molar-refractivity contribution in [1.82, 2.24) is 14.5 Å². The van der Waals surface area contributed by atoms with Crippen LogP contribution < -0.4 is 0 Å². The Labute approximate surface area is 181 Å². The number of halogens is 3. The van der Waals surface area contributed by atoms with Gasteiger partial charge in [0.15, 0.2) is 5.69 Å². The Kier molecular flexibility index (Phi) is 8.41. The molecule has 0 fully saturated rings. The van der Waals surface area contributed by atoms with Gasteiger partial charge in [-0.1, -0.05) is 38.4 Å². The van der Waals surface area contributed by atoms with Gasteiger partial charge in [0, 0.05) is 44.8 Å². The Bertz CT molecular complexity index is 927. The van der Waals surface area contributed by atoms with Gasteiger partial charge in [0.2, 0.25) is 0 Å². The molecule has 9 heteroatoms. The highest BCUT2D eigenvalue weighted by Crippen LogP contribution is 2.31. The molecule has 2 aromatic rings. The summed E-state index contributed by atoms with van der Waals surface area (Å²) in [6, 6.07) is 4.31. The van der Waals surface area contributed by atoms with E-state index in [1.807, 2.05) is 0 Å². The fourth-order valence-electron chi connectivity index (χ4n) is 2.58. The summed E-state index contributed by atoms with van der Waals surface area (Å²) in [5.74, 6) is 0.226. The minimum Gasteiger partial charge on any atom is -0.508 e. The third kappa shape index (κ3) is 8.18. The monoisotopic (exact) mass is 451 g/mol. The van der Waals surface area contributed by atoms with Gasteiger partial charge in [-0.15, -0.1) is 0 Å². The standard InChI is InChI=1S/C22H28F3N3O2Si/c1-5-7-19(29)9-6-8-18-11-10-17(14-26-18)21-27-20(22(23,24)25)15-28(21)16-30-12-13-31(2,3)4/h5-7,9-11,14-15,29H,1,8,12-13,16H2,2-4H3/b9-6-,19-7+. The molecule has 0 saturated heterocycles. The topological polar surface area (TPSA) is 60.2 Å². The molecule has 0 unspecified atom stereocenters. The molecular weight excluding hydrogens is 423 g/mol. The number of alkyl halides is 3. The highest BCUT2D eigenvalue weighted by atomic mass is 28.3. The second kappa shape index (κ2) is 10.6. The highest BCUT2D eigenvalue weighted by Gasteiger charge is 2.35. The van der Waals surface area contributed by atoms with Crippen molar-refractivity contribution in [1.29, 1.82) is 0 Å². The summed E-state index contributed by atoms with van der Waals surface area (Å²) < 4.78 is 46.6. The molecule has 0 spiro atoms.